The van der Waals surface area contributed by atoms with Crippen LogP contribution in [0.2, 0.25) is 0 Å². The summed E-state index contributed by atoms with van der Waals surface area (Å²) in [6.07, 6.45) is 2.17. The summed E-state index contributed by atoms with van der Waals surface area (Å²) in [6.45, 7) is 5.04. The van der Waals surface area contributed by atoms with Crippen LogP contribution < -0.4 is 15.6 Å². The maximum atomic E-state index is 10.8. The fourth-order valence-electron chi connectivity index (χ4n) is 1.54. The van der Waals surface area contributed by atoms with E-state index >= 15 is 0 Å². The summed E-state index contributed by atoms with van der Waals surface area (Å²) >= 11 is 0. The first-order chi connectivity index (χ1) is 8.42. The molecule has 0 saturated heterocycles. The number of benzene rings is 1. The van der Waals surface area contributed by atoms with Gasteiger partial charge >= 0.3 is 0 Å². The van der Waals surface area contributed by atoms with Crippen LogP contribution >= 0.6 is 0 Å². The number of hydrogen-bond acceptors (Lipinski definition) is 4. The molecule has 0 unspecified atom stereocenters. The van der Waals surface area contributed by atoms with Crippen LogP contribution in [0.5, 0.6) is 0 Å². The van der Waals surface area contributed by atoms with Gasteiger partial charge in [0.15, 0.2) is 0 Å². The Labute approximate surface area is 109 Å². The van der Waals surface area contributed by atoms with Gasteiger partial charge in [0.25, 0.3) is 0 Å². The predicted octanol–water partition coefficient (Wildman–Crippen LogP) is 1.02. The molecule has 0 aliphatic rings. The van der Waals surface area contributed by atoms with Crippen LogP contribution in [0.3, 0.4) is 0 Å². The van der Waals surface area contributed by atoms with E-state index in [1.165, 1.54) is 5.56 Å². The average molecular weight is 271 g/mol. The van der Waals surface area contributed by atoms with Crippen molar-refractivity contribution in [2.24, 2.45) is 0 Å². The predicted molar refractivity (Wildman–Crippen MR) is 75.0 cm³/mol. The van der Waals surface area contributed by atoms with Crippen LogP contribution in [0.25, 0.3) is 0 Å². The third-order valence-electron chi connectivity index (χ3n) is 2.54. The number of hydrogen-bond donors (Lipinski definition) is 3. The van der Waals surface area contributed by atoms with Gasteiger partial charge < -0.3 is 5.43 Å². The van der Waals surface area contributed by atoms with E-state index in [0.29, 0.717) is 13.1 Å². The molecule has 18 heavy (non-hydrogen) atoms. The second kappa shape index (κ2) is 6.72. The highest BCUT2D eigenvalue weighted by Crippen LogP contribution is 2.15. The van der Waals surface area contributed by atoms with E-state index in [9.17, 15) is 8.42 Å². The van der Waals surface area contributed by atoms with Gasteiger partial charge in [0.05, 0.1) is 11.9 Å². The van der Waals surface area contributed by atoms with Gasteiger partial charge in [-0.05, 0) is 30.5 Å². The minimum absolute atomic E-state index is 0.359. The molecule has 5 nitrogen and oxygen atoms in total. The molecule has 0 fully saturated rings. The molecule has 0 aliphatic heterocycles. The highest BCUT2D eigenvalue weighted by Gasteiger charge is 2.00. The first-order valence-corrected chi connectivity index (χ1v) is 7.84. The molecule has 102 valence electrons. The molecule has 1 rings (SSSR count). The van der Waals surface area contributed by atoms with Crippen LogP contribution in [-0.4, -0.2) is 27.8 Å². The summed E-state index contributed by atoms with van der Waals surface area (Å²) in [5.41, 5.74) is 9.51. The normalized spacial score (nSPS) is 11.5. The Morgan fingerprint density at radius 1 is 1.22 bits per heavy atom. The van der Waals surface area contributed by atoms with E-state index in [4.69, 9.17) is 0 Å². The maximum absolute atomic E-state index is 10.8. The quantitative estimate of drug-likeness (QED) is 0.511. The van der Waals surface area contributed by atoms with Gasteiger partial charge in [-0.2, -0.15) is 0 Å². The number of hydrazine groups is 1. The topological polar surface area (TPSA) is 70.2 Å². The largest absolute Gasteiger partial charge is 0.321 e. The summed E-state index contributed by atoms with van der Waals surface area (Å²) in [7, 11) is -3.10. The Kier molecular flexibility index (Phi) is 5.58. The smallest absolute Gasteiger partial charge is 0.208 e. The van der Waals surface area contributed by atoms with Crippen molar-refractivity contribution < 1.29 is 8.42 Å². The number of aryl methyl sites for hydroxylation is 2. The van der Waals surface area contributed by atoms with Crippen molar-refractivity contribution >= 4 is 15.7 Å². The zero-order valence-corrected chi connectivity index (χ0v) is 11.9. The van der Waals surface area contributed by atoms with E-state index in [-0.39, 0.29) is 0 Å². The second-order valence-corrected chi connectivity index (χ2v) is 6.05. The molecular formula is C12H21N3O2S. The summed E-state index contributed by atoms with van der Waals surface area (Å²) in [6, 6.07) is 6.23. The summed E-state index contributed by atoms with van der Waals surface area (Å²) in [5, 5.41) is 0. The molecule has 0 radical (unpaired) electrons. The second-order valence-electron chi connectivity index (χ2n) is 4.22. The standard InChI is InChI=1S/C12H21N3O2S/c1-4-11-5-6-12(10(2)9-11)15-13-7-8-14-18(3,16)17/h5-6,9,13-15H,4,7-8H2,1-3H3. The van der Waals surface area contributed by atoms with Crippen molar-refractivity contribution in [2.75, 3.05) is 24.8 Å². The first kappa shape index (κ1) is 14.9. The lowest BCUT2D eigenvalue weighted by Gasteiger charge is -2.12. The van der Waals surface area contributed by atoms with Crippen LogP contribution in [0.4, 0.5) is 5.69 Å². The van der Waals surface area contributed by atoms with Crippen molar-refractivity contribution in [1.82, 2.24) is 10.1 Å². The molecule has 0 spiro atoms. The maximum Gasteiger partial charge on any atom is 0.208 e. The van der Waals surface area contributed by atoms with Gasteiger partial charge in [0, 0.05) is 13.1 Å². The first-order valence-electron chi connectivity index (χ1n) is 5.95. The summed E-state index contributed by atoms with van der Waals surface area (Å²) in [4.78, 5) is 0. The molecular weight excluding hydrogens is 250 g/mol. The molecule has 1 aromatic rings. The molecule has 0 aliphatic carbocycles. The fourth-order valence-corrected chi connectivity index (χ4v) is 2.02. The van der Waals surface area contributed by atoms with Crippen molar-refractivity contribution in [3.63, 3.8) is 0 Å². The van der Waals surface area contributed by atoms with Crippen molar-refractivity contribution in [3.05, 3.63) is 29.3 Å². The third-order valence-corrected chi connectivity index (χ3v) is 3.26. The molecule has 0 heterocycles. The van der Waals surface area contributed by atoms with E-state index in [1.807, 2.05) is 13.0 Å². The van der Waals surface area contributed by atoms with Gasteiger partial charge in [-0.1, -0.05) is 19.1 Å². The Bertz CT molecular complexity index is 486. The molecule has 0 aromatic heterocycles. The number of nitrogens with one attached hydrogen (secondary N) is 3. The zero-order valence-electron chi connectivity index (χ0n) is 11.1. The lowest BCUT2D eigenvalue weighted by Crippen LogP contribution is -2.33. The SMILES string of the molecule is CCc1ccc(NNCCNS(C)(=O)=O)c(C)c1. The molecule has 3 N–H and O–H groups in total. The number of sulfonamides is 1. The monoisotopic (exact) mass is 271 g/mol. The van der Waals surface area contributed by atoms with Gasteiger partial charge in [-0.25, -0.2) is 18.6 Å². The van der Waals surface area contributed by atoms with Crippen LogP contribution in [-0.2, 0) is 16.4 Å². The molecule has 1 aromatic carbocycles. The van der Waals surface area contributed by atoms with Crippen LogP contribution in [0.15, 0.2) is 18.2 Å². The lowest BCUT2D eigenvalue weighted by atomic mass is 10.1. The minimum Gasteiger partial charge on any atom is -0.321 e. The lowest BCUT2D eigenvalue weighted by molar-refractivity contribution is 0.585. The molecule has 0 amide bonds. The Balaban J connectivity index is 2.36. The van der Waals surface area contributed by atoms with Gasteiger partial charge in [0.2, 0.25) is 10.0 Å². The van der Waals surface area contributed by atoms with Gasteiger partial charge in [-0.15, -0.1) is 0 Å². The van der Waals surface area contributed by atoms with Crippen LogP contribution in [0.1, 0.15) is 18.1 Å². The Morgan fingerprint density at radius 3 is 2.50 bits per heavy atom. The zero-order chi connectivity index (χ0) is 13.6. The van der Waals surface area contributed by atoms with Crippen molar-refractivity contribution in [1.29, 1.82) is 0 Å². The van der Waals surface area contributed by atoms with Crippen LogP contribution in [0, 0.1) is 6.92 Å². The summed E-state index contributed by atoms with van der Waals surface area (Å²) < 4.78 is 24.1. The van der Waals surface area contributed by atoms with E-state index in [1.54, 1.807) is 0 Å². The number of anilines is 1. The molecule has 0 saturated carbocycles. The van der Waals surface area contributed by atoms with Gasteiger partial charge in [-0.3, -0.25) is 0 Å². The molecule has 0 atom stereocenters. The van der Waals surface area contributed by atoms with E-state index < -0.39 is 10.0 Å². The highest BCUT2D eigenvalue weighted by atomic mass is 32.2. The van der Waals surface area contributed by atoms with E-state index in [0.717, 1.165) is 23.9 Å². The molecule has 0 bridgehead atoms. The fraction of sp³-hybridized carbons (Fsp3) is 0.500. The minimum atomic E-state index is -3.10. The highest BCUT2D eigenvalue weighted by molar-refractivity contribution is 7.88. The van der Waals surface area contributed by atoms with Crippen molar-refractivity contribution in [3.8, 4) is 0 Å². The van der Waals surface area contributed by atoms with Gasteiger partial charge in [0.1, 0.15) is 0 Å². The summed E-state index contributed by atoms with van der Waals surface area (Å²) in [5.74, 6) is 0. The Morgan fingerprint density at radius 2 is 1.94 bits per heavy atom. The average Bonchev–Trinajstić information content (AvgIpc) is 2.29. The number of rotatable bonds is 7. The Hall–Kier alpha value is -1.11. The molecule has 6 heteroatoms. The third kappa shape index (κ3) is 5.48. The van der Waals surface area contributed by atoms with E-state index in [2.05, 4.69) is 34.6 Å². The van der Waals surface area contributed by atoms with Crippen molar-refractivity contribution in [2.45, 2.75) is 20.3 Å².